The van der Waals surface area contributed by atoms with Crippen molar-refractivity contribution in [2.75, 3.05) is 26.7 Å². The van der Waals surface area contributed by atoms with Crippen molar-refractivity contribution in [3.63, 3.8) is 0 Å². The number of likely N-dealkylation sites (tertiary alicyclic amines) is 1. The third kappa shape index (κ3) is 4.44. The second-order valence-electron chi connectivity index (χ2n) is 8.63. The van der Waals surface area contributed by atoms with E-state index in [1.54, 1.807) is 7.11 Å². The van der Waals surface area contributed by atoms with Gasteiger partial charge in [-0.1, -0.05) is 36.4 Å². The van der Waals surface area contributed by atoms with E-state index in [1.165, 1.54) is 11.1 Å². The van der Waals surface area contributed by atoms with Gasteiger partial charge in [-0.2, -0.15) is 0 Å². The topological polar surface area (TPSA) is 75.9 Å². The van der Waals surface area contributed by atoms with Gasteiger partial charge < -0.3 is 20.3 Å². The molecule has 0 aromatic heterocycles. The van der Waals surface area contributed by atoms with E-state index in [0.717, 1.165) is 37.1 Å². The summed E-state index contributed by atoms with van der Waals surface area (Å²) in [5.74, 6) is 0.969. The molecule has 1 atom stereocenters. The van der Waals surface area contributed by atoms with Gasteiger partial charge in [-0.05, 0) is 48.1 Å². The van der Waals surface area contributed by atoms with Crippen LogP contribution >= 0.6 is 0 Å². The molecule has 2 aromatic rings. The van der Waals surface area contributed by atoms with Crippen LogP contribution in [0.15, 0.2) is 48.5 Å². The van der Waals surface area contributed by atoms with Gasteiger partial charge in [-0.15, -0.1) is 0 Å². The van der Waals surface area contributed by atoms with Crippen molar-refractivity contribution in [3.8, 4) is 5.75 Å². The van der Waals surface area contributed by atoms with Gasteiger partial charge in [0, 0.05) is 32.6 Å². The Morgan fingerprint density at radius 2 is 1.81 bits per heavy atom. The molecule has 0 radical (unpaired) electrons. The summed E-state index contributed by atoms with van der Waals surface area (Å²) >= 11 is 0. The summed E-state index contributed by atoms with van der Waals surface area (Å²) in [5.41, 5.74) is 8.71. The van der Waals surface area contributed by atoms with Gasteiger partial charge >= 0.3 is 0 Å². The number of hydrogen-bond donors (Lipinski definition) is 1. The minimum absolute atomic E-state index is 0.0861. The zero-order valence-corrected chi connectivity index (χ0v) is 18.2. The van der Waals surface area contributed by atoms with Crippen LogP contribution in [0.4, 0.5) is 0 Å². The minimum atomic E-state index is -0.361. The van der Waals surface area contributed by atoms with E-state index in [0.29, 0.717) is 32.5 Å². The van der Waals surface area contributed by atoms with Crippen LogP contribution in [-0.4, -0.2) is 53.9 Å². The molecule has 0 aliphatic carbocycles. The van der Waals surface area contributed by atoms with Crippen molar-refractivity contribution in [3.05, 3.63) is 65.2 Å². The molecule has 1 saturated heterocycles. The van der Waals surface area contributed by atoms with Gasteiger partial charge in [0.15, 0.2) is 0 Å². The Balaban J connectivity index is 1.62. The number of amides is 2. The third-order valence-electron chi connectivity index (χ3n) is 6.62. The van der Waals surface area contributed by atoms with E-state index < -0.39 is 0 Å². The predicted molar refractivity (Wildman–Crippen MR) is 120 cm³/mol. The molecule has 164 valence electrons. The molecule has 1 fully saturated rings. The zero-order chi connectivity index (χ0) is 21.8. The Hall–Kier alpha value is -2.86. The first-order chi connectivity index (χ1) is 15.0. The molecule has 2 aliphatic heterocycles. The number of rotatable bonds is 5. The van der Waals surface area contributed by atoms with E-state index in [1.807, 2.05) is 40.1 Å². The molecule has 1 unspecified atom stereocenters. The molecule has 2 heterocycles. The van der Waals surface area contributed by atoms with Crippen molar-refractivity contribution < 1.29 is 14.3 Å². The van der Waals surface area contributed by atoms with E-state index in [4.69, 9.17) is 10.5 Å². The van der Waals surface area contributed by atoms with Crippen molar-refractivity contribution in [2.45, 2.75) is 44.2 Å². The van der Waals surface area contributed by atoms with Crippen molar-refractivity contribution in [2.24, 2.45) is 5.73 Å². The number of ether oxygens (including phenoxy) is 1. The van der Waals surface area contributed by atoms with Crippen molar-refractivity contribution >= 4 is 11.8 Å². The van der Waals surface area contributed by atoms with E-state index in [9.17, 15) is 9.59 Å². The third-order valence-corrected chi connectivity index (χ3v) is 6.62. The fourth-order valence-electron chi connectivity index (χ4n) is 5.01. The highest BCUT2D eigenvalue weighted by Crippen LogP contribution is 2.38. The number of methoxy groups -OCH3 is 1. The fourth-order valence-corrected chi connectivity index (χ4v) is 5.01. The molecule has 6 heteroatoms. The molecule has 2 N–H and O–H groups in total. The highest BCUT2D eigenvalue weighted by molar-refractivity contribution is 5.81. The molecule has 31 heavy (non-hydrogen) atoms. The van der Waals surface area contributed by atoms with Crippen LogP contribution in [0.25, 0.3) is 0 Å². The quantitative estimate of drug-likeness (QED) is 0.805. The van der Waals surface area contributed by atoms with E-state index in [-0.39, 0.29) is 17.4 Å². The van der Waals surface area contributed by atoms with Crippen LogP contribution in [0.1, 0.15) is 36.0 Å². The Bertz CT molecular complexity index is 943. The van der Waals surface area contributed by atoms with Gasteiger partial charge in [-0.3, -0.25) is 9.59 Å². The Kier molecular flexibility index (Phi) is 6.28. The van der Waals surface area contributed by atoms with Gasteiger partial charge in [0.25, 0.3) is 0 Å². The molecule has 6 nitrogen and oxygen atoms in total. The lowest BCUT2D eigenvalue weighted by Crippen LogP contribution is -2.64. The largest absolute Gasteiger partial charge is 0.497 e. The van der Waals surface area contributed by atoms with Crippen molar-refractivity contribution in [1.82, 2.24) is 9.80 Å². The lowest BCUT2D eigenvalue weighted by molar-refractivity contribution is -0.147. The molecule has 0 saturated carbocycles. The summed E-state index contributed by atoms with van der Waals surface area (Å²) in [6.45, 7) is 2.26. The van der Waals surface area contributed by atoms with Gasteiger partial charge in [0.1, 0.15) is 5.75 Å². The summed E-state index contributed by atoms with van der Waals surface area (Å²) in [5, 5.41) is 0. The maximum atomic E-state index is 13.6. The molecule has 2 aromatic carbocycles. The highest BCUT2D eigenvalue weighted by atomic mass is 16.5. The number of hydrogen-bond acceptors (Lipinski definition) is 4. The first kappa shape index (κ1) is 21.4. The van der Waals surface area contributed by atoms with Gasteiger partial charge in [0.05, 0.1) is 19.1 Å². The lowest BCUT2D eigenvalue weighted by Gasteiger charge is -2.52. The molecule has 0 bridgehead atoms. The second-order valence-corrected chi connectivity index (χ2v) is 8.63. The summed E-state index contributed by atoms with van der Waals surface area (Å²) < 4.78 is 5.23. The Labute approximate surface area is 184 Å². The average Bonchev–Trinajstić information content (AvgIpc) is 2.79. The average molecular weight is 422 g/mol. The van der Waals surface area contributed by atoms with Gasteiger partial charge in [-0.25, -0.2) is 0 Å². The zero-order valence-electron chi connectivity index (χ0n) is 18.2. The van der Waals surface area contributed by atoms with Crippen LogP contribution in [0, 0.1) is 0 Å². The predicted octanol–water partition coefficient (Wildman–Crippen LogP) is 2.53. The summed E-state index contributed by atoms with van der Waals surface area (Å²) in [7, 11) is 1.63. The first-order valence-corrected chi connectivity index (χ1v) is 11.0. The standard InChI is InChI=1S/C25H31N3O3/c1-31-22-9-7-19(8-10-22)15-24(30)28-17-21-6-3-2-5-20(21)16-25(28)12-4-14-27(18-25)23(29)11-13-26/h2-3,5-10H,4,11-18,26H2,1H3. The number of fused-ring (bicyclic) bond motifs is 1. The second kappa shape index (κ2) is 9.10. The molecular weight excluding hydrogens is 390 g/mol. The number of nitrogens with zero attached hydrogens (tertiary/aromatic N) is 2. The summed E-state index contributed by atoms with van der Waals surface area (Å²) in [6, 6.07) is 16.0. The number of piperidine rings is 1. The van der Waals surface area contributed by atoms with Crippen LogP contribution in [0.2, 0.25) is 0 Å². The maximum Gasteiger partial charge on any atom is 0.227 e. The van der Waals surface area contributed by atoms with E-state index >= 15 is 0 Å². The fraction of sp³-hybridized carbons (Fsp3) is 0.440. The SMILES string of the molecule is COc1ccc(CC(=O)N2Cc3ccccc3CC23CCCN(C(=O)CCN)C3)cc1. The minimum Gasteiger partial charge on any atom is -0.497 e. The van der Waals surface area contributed by atoms with Crippen LogP contribution in [-0.2, 0) is 29.0 Å². The van der Waals surface area contributed by atoms with Crippen LogP contribution in [0.5, 0.6) is 5.75 Å². The number of carbonyl (C=O) groups is 2. The van der Waals surface area contributed by atoms with Crippen LogP contribution < -0.4 is 10.5 Å². The number of benzene rings is 2. The maximum absolute atomic E-state index is 13.6. The molecule has 4 rings (SSSR count). The Morgan fingerprint density at radius 1 is 1.06 bits per heavy atom. The van der Waals surface area contributed by atoms with Crippen molar-refractivity contribution in [1.29, 1.82) is 0 Å². The van der Waals surface area contributed by atoms with Crippen LogP contribution in [0.3, 0.4) is 0 Å². The molecule has 1 spiro atoms. The highest BCUT2D eigenvalue weighted by Gasteiger charge is 2.46. The Morgan fingerprint density at radius 3 is 2.52 bits per heavy atom. The van der Waals surface area contributed by atoms with E-state index in [2.05, 4.69) is 18.2 Å². The smallest absolute Gasteiger partial charge is 0.227 e. The molecule has 2 amide bonds. The number of carbonyl (C=O) groups excluding carboxylic acids is 2. The molecular formula is C25H31N3O3. The molecule has 2 aliphatic rings. The summed E-state index contributed by atoms with van der Waals surface area (Å²) in [4.78, 5) is 30.2. The number of nitrogens with two attached hydrogens (primary N) is 1. The first-order valence-electron chi connectivity index (χ1n) is 11.0. The monoisotopic (exact) mass is 421 g/mol. The van der Waals surface area contributed by atoms with Gasteiger partial charge in [0.2, 0.25) is 11.8 Å². The lowest BCUT2D eigenvalue weighted by atomic mass is 9.77. The normalized spacial score (nSPS) is 20.5. The summed E-state index contributed by atoms with van der Waals surface area (Å²) in [6.07, 6.45) is 3.27.